The van der Waals surface area contributed by atoms with Crippen molar-refractivity contribution in [1.82, 2.24) is 9.55 Å². The third-order valence-electron chi connectivity index (χ3n) is 4.12. The number of hydrogen-bond donors (Lipinski definition) is 1. The smallest absolute Gasteiger partial charge is 0.335 e. The predicted molar refractivity (Wildman–Crippen MR) is 88.0 cm³/mol. The molecule has 0 saturated carbocycles. The van der Waals surface area contributed by atoms with Crippen LogP contribution in [0.5, 0.6) is 11.5 Å². The summed E-state index contributed by atoms with van der Waals surface area (Å²) in [6.07, 6.45) is 0. The van der Waals surface area contributed by atoms with Gasteiger partial charge in [-0.25, -0.2) is 9.78 Å². The van der Waals surface area contributed by atoms with Gasteiger partial charge in [-0.1, -0.05) is 12.1 Å². The van der Waals surface area contributed by atoms with E-state index in [-0.39, 0.29) is 5.56 Å². The molecule has 2 heterocycles. The zero-order valence-corrected chi connectivity index (χ0v) is 13.2. The molecule has 0 aliphatic carbocycles. The van der Waals surface area contributed by atoms with Crippen molar-refractivity contribution < 1.29 is 19.4 Å². The maximum absolute atomic E-state index is 11.1. The molecule has 2 aromatic carbocycles. The first-order valence-electron chi connectivity index (χ1n) is 7.70. The molecule has 0 saturated heterocycles. The van der Waals surface area contributed by atoms with E-state index in [2.05, 4.69) is 9.55 Å². The van der Waals surface area contributed by atoms with Crippen LogP contribution in [0.25, 0.3) is 11.0 Å². The fourth-order valence-corrected chi connectivity index (χ4v) is 2.97. The number of nitrogens with zero attached hydrogens (tertiary/aromatic N) is 2. The molecular formula is C18H16N2O4. The third kappa shape index (κ3) is 2.46. The summed E-state index contributed by atoms with van der Waals surface area (Å²) < 4.78 is 13.3. The lowest BCUT2D eigenvalue weighted by Gasteiger charge is -2.18. The van der Waals surface area contributed by atoms with E-state index in [0.29, 0.717) is 31.3 Å². The average Bonchev–Trinajstić information content (AvgIpc) is 2.88. The van der Waals surface area contributed by atoms with Crippen molar-refractivity contribution >= 4 is 17.0 Å². The van der Waals surface area contributed by atoms with Gasteiger partial charge in [-0.2, -0.15) is 0 Å². The van der Waals surface area contributed by atoms with Crippen LogP contribution in [-0.2, 0) is 6.54 Å². The van der Waals surface area contributed by atoms with Crippen LogP contribution >= 0.6 is 0 Å². The number of carbonyl (C=O) groups is 1. The number of aromatic nitrogens is 2. The van der Waals surface area contributed by atoms with Gasteiger partial charge in [-0.3, -0.25) is 0 Å². The van der Waals surface area contributed by atoms with E-state index in [1.807, 2.05) is 25.1 Å². The minimum Gasteiger partial charge on any atom is -0.486 e. The molecule has 122 valence electrons. The van der Waals surface area contributed by atoms with E-state index in [1.54, 1.807) is 18.2 Å². The molecule has 1 aliphatic heterocycles. The van der Waals surface area contributed by atoms with Gasteiger partial charge in [-0.05, 0) is 24.6 Å². The van der Waals surface area contributed by atoms with Crippen molar-refractivity contribution in [2.75, 3.05) is 13.2 Å². The highest BCUT2D eigenvalue weighted by atomic mass is 16.6. The summed E-state index contributed by atoms with van der Waals surface area (Å²) in [4.78, 5) is 15.7. The lowest BCUT2D eigenvalue weighted by Crippen LogP contribution is -2.15. The molecule has 6 heteroatoms. The van der Waals surface area contributed by atoms with Gasteiger partial charge in [0.15, 0.2) is 11.5 Å². The predicted octanol–water partition coefficient (Wildman–Crippen LogP) is 2.86. The lowest BCUT2D eigenvalue weighted by molar-refractivity contribution is 0.0696. The van der Waals surface area contributed by atoms with Gasteiger partial charge in [0.05, 0.1) is 16.6 Å². The second-order valence-electron chi connectivity index (χ2n) is 5.74. The van der Waals surface area contributed by atoms with Crippen LogP contribution in [0.1, 0.15) is 21.7 Å². The summed E-state index contributed by atoms with van der Waals surface area (Å²) in [5.74, 6) is 1.36. The summed E-state index contributed by atoms with van der Waals surface area (Å²) >= 11 is 0. The van der Waals surface area contributed by atoms with Gasteiger partial charge in [0.25, 0.3) is 0 Å². The Balaban J connectivity index is 1.77. The molecular weight excluding hydrogens is 308 g/mol. The molecule has 0 fully saturated rings. The Morgan fingerprint density at radius 1 is 1.21 bits per heavy atom. The molecule has 0 unspecified atom stereocenters. The molecule has 0 atom stereocenters. The van der Waals surface area contributed by atoms with Gasteiger partial charge in [-0.15, -0.1) is 0 Å². The quantitative estimate of drug-likeness (QED) is 0.802. The standard InChI is InChI=1S/C18H16N2O4/c1-11-19-14-8-16-17(24-6-5-23-16)9-15(14)20(11)10-12-3-2-4-13(7-12)18(21)22/h2-4,7-9H,5-6,10H2,1H3,(H,21,22). The Morgan fingerprint density at radius 2 is 1.96 bits per heavy atom. The van der Waals surface area contributed by atoms with Crippen LogP contribution in [0.15, 0.2) is 36.4 Å². The highest BCUT2D eigenvalue weighted by molar-refractivity contribution is 5.87. The van der Waals surface area contributed by atoms with Crippen LogP contribution in [0.4, 0.5) is 0 Å². The number of imidazole rings is 1. The molecule has 1 aromatic heterocycles. The second kappa shape index (κ2) is 5.56. The van der Waals surface area contributed by atoms with Gasteiger partial charge in [0, 0.05) is 18.7 Å². The zero-order valence-electron chi connectivity index (χ0n) is 13.2. The first-order valence-corrected chi connectivity index (χ1v) is 7.70. The number of benzene rings is 2. The normalized spacial score (nSPS) is 13.2. The molecule has 3 aromatic rings. The van der Waals surface area contributed by atoms with Crippen LogP contribution in [0.3, 0.4) is 0 Å². The molecule has 0 spiro atoms. The van der Waals surface area contributed by atoms with E-state index in [1.165, 1.54) is 0 Å². The summed E-state index contributed by atoms with van der Waals surface area (Å²) in [6.45, 7) is 3.55. The van der Waals surface area contributed by atoms with Gasteiger partial charge >= 0.3 is 5.97 Å². The maximum atomic E-state index is 11.1. The Morgan fingerprint density at radius 3 is 2.71 bits per heavy atom. The molecule has 6 nitrogen and oxygen atoms in total. The number of aryl methyl sites for hydroxylation is 1. The molecule has 0 amide bonds. The number of rotatable bonds is 3. The number of carboxylic acid groups (broad SMARTS) is 1. The van der Waals surface area contributed by atoms with Crippen LogP contribution < -0.4 is 9.47 Å². The Bertz CT molecular complexity index is 946. The number of ether oxygens (including phenoxy) is 2. The highest BCUT2D eigenvalue weighted by Crippen LogP contribution is 2.34. The molecule has 0 radical (unpaired) electrons. The summed E-state index contributed by atoms with van der Waals surface area (Å²) in [5, 5.41) is 9.14. The van der Waals surface area contributed by atoms with Crippen LogP contribution in [0.2, 0.25) is 0 Å². The van der Waals surface area contributed by atoms with Crippen LogP contribution in [0, 0.1) is 6.92 Å². The second-order valence-corrected chi connectivity index (χ2v) is 5.74. The first kappa shape index (κ1) is 14.6. The van der Waals surface area contributed by atoms with Crippen molar-refractivity contribution in [1.29, 1.82) is 0 Å². The Labute approximate surface area is 138 Å². The van der Waals surface area contributed by atoms with Crippen molar-refractivity contribution in [3.8, 4) is 11.5 Å². The fraction of sp³-hybridized carbons (Fsp3) is 0.222. The lowest BCUT2D eigenvalue weighted by atomic mass is 10.1. The van der Waals surface area contributed by atoms with Gasteiger partial charge in [0.1, 0.15) is 19.0 Å². The van der Waals surface area contributed by atoms with Gasteiger partial charge < -0.3 is 19.1 Å². The van der Waals surface area contributed by atoms with Crippen molar-refractivity contribution in [3.05, 3.63) is 53.3 Å². The number of hydrogen-bond acceptors (Lipinski definition) is 4. The van der Waals surface area contributed by atoms with E-state index in [0.717, 1.165) is 22.4 Å². The Kier molecular flexibility index (Phi) is 3.37. The first-order chi connectivity index (χ1) is 11.6. The summed E-state index contributed by atoms with van der Waals surface area (Å²) in [6, 6.07) is 10.8. The Hall–Kier alpha value is -3.02. The highest BCUT2D eigenvalue weighted by Gasteiger charge is 2.17. The molecule has 0 bridgehead atoms. The van der Waals surface area contributed by atoms with Crippen molar-refractivity contribution in [3.63, 3.8) is 0 Å². The van der Waals surface area contributed by atoms with E-state index < -0.39 is 5.97 Å². The molecule has 1 aliphatic rings. The number of aromatic carboxylic acids is 1. The summed E-state index contributed by atoms with van der Waals surface area (Å²) in [5.41, 5.74) is 2.97. The van der Waals surface area contributed by atoms with E-state index in [4.69, 9.17) is 14.6 Å². The maximum Gasteiger partial charge on any atom is 0.335 e. The van der Waals surface area contributed by atoms with E-state index >= 15 is 0 Å². The topological polar surface area (TPSA) is 73.6 Å². The number of carboxylic acids is 1. The zero-order chi connectivity index (χ0) is 16.7. The minimum atomic E-state index is -0.927. The third-order valence-corrected chi connectivity index (χ3v) is 4.12. The van der Waals surface area contributed by atoms with Crippen molar-refractivity contribution in [2.45, 2.75) is 13.5 Å². The largest absolute Gasteiger partial charge is 0.486 e. The minimum absolute atomic E-state index is 0.281. The SMILES string of the molecule is Cc1nc2cc3c(cc2n1Cc1cccc(C(=O)O)c1)OCCO3. The number of fused-ring (bicyclic) bond motifs is 2. The molecule has 4 rings (SSSR count). The van der Waals surface area contributed by atoms with Crippen LogP contribution in [-0.4, -0.2) is 33.8 Å². The van der Waals surface area contributed by atoms with Gasteiger partial charge in [0.2, 0.25) is 0 Å². The fourth-order valence-electron chi connectivity index (χ4n) is 2.97. The average molecular weight is 324 g/mol. The summed E-state index contributed by atoms with van der Waals surface area (Å²) in [7, 11) is 0. The monoisotopic (exact) mass is 324 g/mol. The molecule has 24 heavy (non-hydrogen) atoms. The van der Waals surface area contributed by atoms with E-state index in [9.17, 15) is 4.79 Å². The van der Waals surface area contributed by atoms with Crippen molar-refractivity contribution in [2.24, 2.45) is 0 Å². The molecule has 1 N–H and O–H groups in total.